The second-order valence-corrected chi connectivity index (χ2v) is 6.55. The lowest BCUT2D eigenvalue weighted by atomic mass is 10.0. The molecule has 0 fully saturated rings. The highest BCUT2D eigenvalue weighted by Gasteiger charge is 2.24. The lowest BCUT2D eigenvalue weighted by Gasteiger charge is -2.13. The van der Waals surface area contributed by atoms with Crippen molar-refractivity contribution in [1.29, 1.82) is 0 Å². The van der Waals surface area contributed by atoms with Gasteiger partial charge >= 0.3 is 5.97 Å². The molecule has 8 nitrogen and oxygen atoms in total. The number of hydrogen-bond acceptors (Lipinski definition) is 5. The monoisotopic (exact) mass is 324 g/mol. The predicted octanol–water partition coefficient (Wildman–Crippen LogP) is 0.335. The van der Waals surface area contributed by atoms with Crippen LogP contribution in [0.25, 0.3) is 0 Å². The molecule has 2 aromatic rings. The van der Waals surface area contributed by atoms with Crippen LogP contribution in [0.5, 0.6) is 0 Å². The van der Waals surface area contributed by atoms with Gasteiger partial charge in [0.1, 0.15) is 4.90 Å². The zero-order valence-corrected chi connectivity index (χ0v) is 12.7. The van der Waals surface area contributed by atoms with Gasteiger partial charge < -0.3 is 5.11 Å². The Morgan fingerprint density at radius 3 is 2.77 bits per heavy atom. The van der Waals surface area contributed by atoms with E-state index in [-0.39, 0.29) is 17.9 Å². The predicted molar refractivity (Wildman–Crippen MR) is 77.6 cm³/mol. The first kappa shape index (κ1) is 16.1. The van der Waals surface area contributed by atoms with Crippen LogP contribution < -0.4 is 4.72 Å². The highest BCUT2D eigenvalue weighted by atomic mass is 32.2. The first-order valence-electron chi connectivity index (χ1n) is 6.51. The van der Waals surface area contributed by atoms with Crippen LogP contribution in [0.4, 0.5) is 0 Å². The molecule has 0 saturated carbocycles. The number of sulfonamides is 1. The zero-order chi connectivity index (χ0) is 16.2. The molecule has 2 rings (SSSR count). The maximum absolute atomic E-state index is 12.1. The number of aromatic nitrogens is 3. The molecule has 0 aromatic carbocycles. The number of nitrogens with zero attached hydrogens (tertiary/aromatic N) is 2. The van der Waals surface area contributed by atoms with Gasteiger partial charge in [0.15, 0.2) is 0 Å². The molecule has 2 heterocycles. The van der Waals surface area contributed by atoms with Crippen LogP contribution in [0, 0.1) is 12.8 Å². The Morgan fingerprint density at radius 2 is 2.23 bits per heavy atom. The summed E-state index contributed by atoms with van der Waals surface area (Å²) >= 11 is 0. The Kier molecular flexibility index (Phi) is 4.88. The molecule has 2 aromatic heterocycles. The molecule has 0 amide bonds. The minimum Gasteiger partial charge on any atom is -0.481 e. The lowest BCUT2D eigenvalue weighted by molar-refractivity contribution is -0.141. The molecule has 0 aliphatic rings. The minimum atomic E-state index is -3.79. The van der Waals surface area contributed by atoms with E-state index in [1.807, 2.05) is 0 Å². The van der Waals surface area contributed by atoms with Crippen molar-refractivity contribution >= 4 is 16.0 Å². The third-order valence-electron chi connectivity index (χ3n) is 3.15. The van der Waals surface area contributed by atoms with Gasteiger partial charge in [0, 0.05) is 18.9 Å². The molecule has 0 aliphatic carbocycles. The first-order chi connectivity index (χ1) is 10.4. The number of nitrogens with one attached hydrogen (secondary N) is 2. The Labute approximate surface area is 127 Å². The van der Waals surface area contributed by atoms with E-state index >= 15 is 0 Å². The number of carbonyl (C=O) groups is 1. The molecule has 9 heteroatoms. The fourth-order valence-corrected chi connectivity index (χ4v) is 3.17. The van der Waals surface area contributed by atoms with E-state index < -0.39 is 21.9 Å². The number of pyridine rings is 1. The summed E-state index contributed by atoms with van der Waals surface area (Å²) in [5.41, 5.74) is 1.13. The average Bonchev–Trinajstić information content (AvgIpc) is 2.91. The fourth-order valence-electron chi connectivity index (χ4n) is 1.95. The quantitative estimate of drug-likeness (QED) is 0.674. The fraction of sp³-hybridized carbons (Fsp3) is 0.308. The van der Waals surface area contributed by atoms with Crippen LogP contribution in [0.3, 0.4) is 0 Å². The second kappa shape index (κ2) is 6.67. The van der Waals surface area contributed by atoms with Gasteiger partial charge in [-0.2, -0.15) is 5.10 Å². The molecule has 0 aliphatic heterocycles. The van der Waals surface area contributed by atoms with Crippen molar-refractivity contribution in [3.8, 4) is 0 Å². The summed E-state index contributed by atoms with van der Waals surface area (Å²) in [4.78, 5) is 15.2. The summed E-state index contributed by atoms with van der Waals surface area (Å²) in [6.07, 6.45) is 4.53. The van der Waals surface area contributed by atoms with Crippen molar-refractivity contribution in [3.05, 3.63) is 42.0 Å². The highest BCUT2D eigenvalue weighted by Crippen LogP contribution is 2.13. The number of carboxylic acid groups (broad SMARTS) is 1. The van der Waals surface area contributed by atoms with E-state index in [4.69, 9.17) is 0 Å². The molecule has 1 atom stereocenters. The average molecular weight is 324 g/mol. The van der Waals surface area contributed by atoms with Gasteiger partial charge in [-0.15, -0.1) is 0 Å². The van der Waals surface area contributed by atoms with Crippen molar-refractivity contribution in [2.75, 3.05) is 6.54 Å². The number of rotatable bonds is 7. The first-order valence-corrected chi connectivity index (χ1v) is 8.00. The molecule has 0 bridgehead atoms. The molecular formula is C13H16N4O4S. The van der Waals surface area contributed by atoms with Crippen LogP contribution in [0.2, 0.25) is 0 Å². The normalized spacial score (nSPS) is 13.0. The van der Waals surface area contributed by atoms with Crippen molar-refractivity contribution in [1.82, 2.24) is 19.9 Å². The third kappa shape index (κ3) is 3.89. The Balaban J connectivity index is 2.06. The summed E-state index contributed by atoms with van der Waals surface area (Å²) in [7, 11) is -3.79. The largest absolute Gasteiger partial charge is 0.481 e. The van der Waals surface area contributed by atoms with E-state index in [9.17, 15) is 18.3 Å². The van der Waals surface area contributed by atoms with Crippen molar-refractivity contribution in [2.24, 2.45) is 5.92 Å². The lowest BCUT2D eigenvalue weighted by Crippen LogP contribution is -2.34. The molecule has 118 valence electrons. The van der Waals surface area contributed by atoms with Gasteiger partial charge in [0.25, 0.3) is 0 Å². The van der Waals surface area contributed by atoms with Crippen LogP contribution in [0.15, 0.2) is 35.6 Å². The minimum absolute atomic E-state index is 0.0121. The topological polar surface area (TPSA) is 125 Å². The van der Waals surface area contributed by atoms with Gasteiger partial charge in [-0.1, -0.05) is 6.07 Å². The number of hydrogen-bond donors (Lipinski definition) is 3. The summed E-state index contributed by atoms with van der Waals surface area (Å²) in [5.74, 6) is -1.96. The molecule has 3 N–H and O–H groups in total. The molecular weight excluding hydrogens is 308 g/mol. The van der Waals surface area contributed by atoms with Crippen LogP contribution in [-0.2, 0) is 21.2 Å². The smallest absolute Gasteiger partial charge is 0.308 e. The van der Waals surface area contributed by atoms with E-state index in [1.54, 1.807) is 31.5 Å². The third-order valence-corrected chi connectivity index (χ3v) is 4.68. The molecule has 0 spiro atoms. The number of aromatic amines is 1. The summed E-state index contributed by atoms with van der Waals surface area (Å²) in [6.45, 7) is 1.36. The van der Waals surface area contributed by atoms with Gasteiger partial charge in [0.2, 0.25) is 10.0 Å². The molecule has 1 unspecified atom stereocenters. The van der Waals surface area contributed by atoms with Crippen LogP contribution >= 0.6 is 0 Å². The maximum Gasteiger partial charge on any atom is 0.308 e. The summed E-state index contributed by atoms with van der Waals surface area (Å²) in [6, 6.07) is 3.45. The highest BCUT2D eigenvalue weighted by molar-refractivity contribution is 7.89. The number of carboxylic acids is 1. The van der Waals surface area contributed by atoms with Gasteiger partial charge in [-0.05, 0) is 25.0 Å². The van der Waals surface area contributed by atoms with E-state index in [0.717, 1.165) is 5.56 Å². The van der Waals surface area contributed by atoms with Gasteiger partial charge in [0.05, 0.1) is 17.8 Å². The zero-order valence-electron chi connectivity index (χ0n) is 11.9. The summed E-state index contributed by atoms with van der Waals surface area (Å²) < 4.78 is 26.5. The molecule has 0 saturated heterocycles. The summed E-state index contributed by atoms with van der Waals surface area (Å²) in [5, 5.41) is 15.4. The Hall–Kier alpha value is -2.26. The van der Waals surface area contributed by atoms with Crippen molar-refractivity contribution in [2.45, 2.75) is 18.2 Å². The SMILES string of the molecule is Cc1[nH]ncc1S(=O)(=O)NCC(Cc1cccnc1)C(=O)O. The number of aliphatic carboxylic acids is 1. The second-order valence-electron chi connectivity index (χ2n) is 4.81. The Bertz CT molecular complexity index is 742. The van der Waals surface area contributed by atoms with E-state index in [2.05, 4.69) is 19.9 Å². The Morgan fingerprint density at radius 1 is 1.45 bits per heavy atom. The van der Waals surface area contributed by atoms with Gasteiger partial charge in [-0.25, -0.2) is 13.1 Å². The van der Waals surface area contributed by atoms with E-state index in [0.29, 0.717) is 5.69 Å². The van der Waals surface area contributed by atoms with Gasteiger partial charge in [-0.3, -0.25) is 14.9 Å². The van der Waals surface area contributed by atoms with Crippen LogP contribution in [0.1, 0.15) is 11.3 Å². The molecule has 22 heavy (non-hydrogen) atoms. The van der Waals surface area contributed by atoms with Crippen molar-refractivity contribution in [3.63, 3.8) is 0 Å². The number of H-pyrrole nitrogens is 1. The van der Waals surface area contributed by atoms with Crippen molar-refractivity contribution < 1.29 is 18.3 Å². The number of aryl methyl sites for hydroxylation is 1. The maximum atomic E-state index is 12.1. The van der Waals surface area contributed by atoms with E-state index in [1.165, 1.54) is 6.20 Å². The standard InChI is InChI=1S/C13H16N4O4S/c1-9-12(8-15-17-9)22(20,21)16-7-11(13(18)19)5-10-3-2-4-14-6-10/h2-4,6,8,11,16H,5,7H2,1H3,(H,15,17)(H,18,19). The van der Waals surface area contributed by atoms with Crippen LogP contribution in [-0.4, -0.2) is 41.2 Å². The molecule has 0 radical (unpaired) electrons.